The second-order valence-electron chi connectivity index (χ2n) is 3.99. The molecule has 1 N–H and O–H groups in total. The summed E-state index contributed by atoms with van der Waals surface area (Å²) in [4.78, 5) is 12.7. The van der Waals surface area contributed by atoms with Gasteiger partial charge in [0.15, 0.2) is 0 Å². The molecule has 0 aromatic rings. The third-order valence-electron chi connectivity index (χ3n) is 2.89. The summed E-state index contributed by atoms with van der Waals surface area (Å²) >= 11 is 0. The van der Waals surface area contributed by atoms with Crippen LogP contribution in [0.15, 0.2) is 0 Å². The molecule has 0 aliphatic carbocycles. The normalized spacial score (nSPS) is 15.5. The summed E-state index contributed by atoms with van der Waals surface area (Å²) in [6, 6.07) is 0.357. The average Bonchev–Trinajstić information content (AvgIpc) is 2.14. The number of carboxylic acids is 1. The lowest BCUT2D eigenvalue weighted by Gasteiger charge is -2.31. The van der Waals surface area contributed by atoms with Crippen molar-refractivity contribution in [2.24, 2.45) is 5.92 Å². The summed E-state index contributed by atoms with van der Waals surface area (Å²) in [5.41, 5.74) is 0. The van der Waals surface area contributed by atoms with Crippen LogP contribution in [0.1, 0.15) is 40.5 Å². The standard InChI is InChI=1S/C11H23NO2/c1-5-7-12(8-11(13)14)10(4)9(3)6-2/h9-10H,5-8H2,1-4H3,(H,13,14). The van der Waals surface area contributed by atoms with Gasteiger partial charge in [-0.15, -0.1) is 0 Å². The van der Waals surface area contributed by atoms with Crippen molar-refractivity contribution in [3.63, 3.8) is 0 Å². The quantitative estimate of drug-likeness (QED) is 0.686. The maximum atomic E-state index is 10.7. The van der Waals surface area contributed by atoms with Gasteiger partial charge in [-0.2, -0.15) is 0 Å². The summed E-state index contributed by atoms with van der Waals surface area (Å²) in [5, 5.41) is 8.77. The second kappa shape index (κ2) is 6.82. The minimum Gasteiger partial charge on any atom is -0.480 e. The molecule has 84 valence electrons. The summed E-state index contributed by atoms with van der Waals surface area (Å²) in [6.45, 7) is 9.56. The lowest BCUT2D eigenvalue weighted by atomic mass is 9.99. The van der Waals surface area contributed by atoms with E-state index in [4.69, 9.17) is 5.11 Å². The Morgan fingerprint density at radius 2 is 1.93 bits per heavy atom. The summed E-state index contributed by atoms with van der Waals surface area (Å²) < 4.78 is 0. The van der Waals surface area contributed by atoms with Crippen molar-refractivity contribution in [2.45, 2.75) is 46.6 Å². The van der Waals surface area contributed by atoms with Crippen LogP contribution in [0.3, 0.4) is 0 Å². The van der Waals surface area contributed by atoms with Crippen molar-refractivity contribution in [1.29, 1.82) is 0 Å². The van der Waals surface area contributed by atoms with Crippen molar-refractivity contribution in [2.75, 3.05) is 13.1 Å². The van der Waals surface area contributed by atoms with Crippen molar-refractivity contribution in [1.82, 2.24) is 4.90 Å². The Hall–Kier alpha value is -0.570. The molecule has 0 aromatic heterocycles. The first-order chi connectivity index (χ1) is 6.52. The van der Waals surface area contributed by atoms with Crippen LogP contribution in [-0.4, -0.2) is 35.1 Å². The Balaban J connectivity index is 4.23. The van der Waals surface area contributed by atoms with Gasteiger partial charge in [-0.1, -0.05) is 27.2 Å². The lowest BCUT2D eigenvalue weighted by molar-refractivity contribution is -0.139. The van der Waals surface area contributed by atoms with Crippen LogP contribution in [0.4, 0.5) is 0 Å². The molecule has 14 heavy (non-hydrogen) atoms. The average molecular weight is 201 g/mol. The molecule has 0 saturated carbocycles. The maximum Gasteiger partial charge on any atom is 0.317 e. The van der Waals surface area contributed by atoms with E-state index in [-0.39, 0.29) is 6.54 Å². The topological polar surface area (TPSA) is 40.5 Å². The third-order valence-corrected chi connectivity index (χ3v) is 2.89. The Bertz CT molecular complexity index is 171. The maximum absolute atomic E-state index is 10.7. The van der Waals surface area contributed by atoms with Crippen LogP contribution in [0.2, 0.25) is 0 Å². The van der Waals surface area contributed by atoms with Crippen molar-refractivity contribution in [3.05, 3.63) is 0 Å². The van der Waals surface area contributed by atoms with Gasteiger partial charge in [0.05, 0.1) is 6.54 Å². The largest absolute Gasteiger partial charge is 0.480 e. The molecule has 0 spiro atoms. The molecule has 0 bridgehead atoms. The zero-order valence-corrected chi connectivity index (χ0v) is 9.79. The molecule has 0 saturated heterocycles. The van der Waals surface area contributed by atoms with Crippen LogP contribution in [0.25, 0.3) is 0 Å². The highest BCUT2D eigenvalue weighted by molar-refractivity contribution is 5.69. The van der Waals surface area contributed by atoms with Crippen LogP contribution >= 0.6 is 0 Å². The first kappa shape index (κ1) is 13.4. The smallest absolute Gasteiger partial charge is 0.317 e. The zero-order chi connectivity index (χ0) is 11.1. The van der Waals surface area contributed by atoms with Crippen molar-refractivity contribution in [3.8, 4) is 0 Å². The molecule has 0 fully saturated rings. The number of carbonyl (C=O) groups is 1. The van der Waals surface area contributed by atoms with E-state index in [0.717, 1.165) is 19.4 Å². The fourth-order valence-electron chi connectivity index (χ4n) is 1.59. The van der Waals surface area contributed by atoms with E-state index in [1.54, 1.807) is 0 Å². The second-order valence-corrected chi connectivity index (χ2v) is 3.99. The predicted octanol–water partition coefficient (Wildman–Crippen LogP) is 2.22. The van der Waals surface area contributed by atoms with Gasteiger partial charge in [-0.3, -0.25) is 9.69 Å². The Morgan fingerprint density at radius 1 is 1.36 bits per heavy atom. The number of aliphatic carboxylic acids is 1. The van der Waals surface area contributed by atoms with Gasteiger partial charge in [-0.05, 0) is 25.8 Å². The number of rotatable bonds is 7. The van der Waals surface area contributed by atoms with Crippen LogP contribution in [0, 0.1) is 5.92 Å². The number of nitrogens with zero attached hydrogens (tertiary/aromatic N) is 1. The van der Waals surface area contributed by atoms with Crippen LogP contribution in [0.5, 0.6) is 0 Å². The number of hydrogen-bond donors (Lipinski definition) is 1. The predicted molar refractivity (Wildman–Crippen MR) is 58.4 cm³/mol. The van der Waals surface area contributed by atoms with E-state index in [9.17, 15) is 4.79 Å². The summed E-state index contributed by atoms with van der Waals surface area (Å²) in [5.74, 6) is -0.172. The van der Waals surface area contributed by atoms with Gasteiger partial charge in [0, 0.05) is 6.04 Å². The van der Waals surface area contributed by atoms with E-state index in [1.807, 2.05) is 0 Å². The molecule has 0 aliphatic heterocycles. The van der Waals surface area contributed by atoms with Gasteiger partial charge in [0.1, 0.15) is 0 Å². The van der Waals surface area contributed by atoms with E-state index in [1.165, 1.54) is 0 Å². The molecule has 0 radical (unpaired) electrons. The van der Waals surface area contributed by atoms with Gasteiger partial charge < -0.3 is 5.11 Å². The molecule has 2 unspecified atom stereocenters. The van der Waals surface area contributed by atoms with E-state index in [0.29, 0.717) is 12.0 Å². The minimum absolute atomic E-state index is 0.166. The molecular formula is C11H23NO2. The van der Waals surface area contributed by atoms with Crippen LogP contribution in [-0.2, 0) is 4.79 Å². The first-order valence-electron chi connectivity index (χ1n) is 5.48. The molecule has 0 amide bonds. The first-order valence-corrected chi connectivity index (χ1v) is 5.48. The molecule has 3 nitrogen and oxygen atoms in total. The molecule has 0 aromatic carbocycles. The molecular weight excluding hydrogens is 178 g/mol. The van der Waals surface area contributed by atoms with E-state index >= 15 is 0 Å². The SMILES string of the molecule is CCCN(CC(=O)O)C(C)C(C)CC. The Morgan fingerprint density at radius 3 is 2.29 bits per heavy atom. The van der Waals surface area contributed by atoms with Crippen molar-refractivity contribution < 1.29 is 9.90 Å². The van der Waals surface area contributed by atoms with Gasteiger partial charge in [0.2, 0.25) is 0 Å². The Kier molecular flexibility index (Phi) is 6.54. The monoisotopic (exact) mass is 201 g/mol. The highest BCUT2D eigenvalue weighted by atomic mass is 16.4. The highest BCUT2D eigenvalue weighted by Gasteiger charge is 2.19. The fraction of sp³-hybridized carbons (Fsp3) is 0.909. The molecule has 2 atom stereocenters. The third kappa shape index (κ3) is 4.61. The molecule has 0 aliphatic rings. The van der Waals surface area contributed by atoms with Gasteiger partial charge >= 0.3 is 5.97 Å². The Labute approximate surface area is 87.1 Å². The zero-order valence-electron chi connectivity index (χ0n) is 9.79. The summed E-state index contributed by atoms with van der Waals surface area (Å²) in [7, 11) is 0. The van der Waals surface area contributed by atoms with Crippen molar-refractivity contribution >= 4 is 5.97 Å². The number of hydrogen-bond acceptors (Lipinski definition) is 2. The number of carboxylic acid groups (broad SMARTS) is 1. The molecule has 0 rings (SSSR count). The summed E-state index contributed by atoms with van der Waals surface area (Å²) in [6.07, 6.45) is 2.11. The van der Waals surface area contributed by atoms with Gasteiger partial charge in [0.25, 0.3) is 0 Å². The molecule has 3 heteroatoms. The minimum atomic E-state index is -0.728. The lowest BCUT2D eigenvalue weighted by Crippen LogP contribution is -2.41. The fourth-order valence-corrected chi connectivity index (χ4v) is 1.59. The van der Waals surface area contributed by atoms with E-state index < -0.39 is 5.97 Å². The van der Waals surface area contributed by atoms with Gasteiger partial charge in [-0.25, -0.2) is 0 Å². The van der Waals surface area contributed by atoms with Crippen LogP contribution < -0.4 is 0 Å². The highest BCUT2D eigenvalue weighted by Crippen LogP contribution is 2.14. The molecule has 0 heterocycles. The van der Waals surface area contributed by atoms with E-state index in [2.05, 4.69) is 32.6 Å².